The molecule has 2 saturated heterocycles. The van der Waals surface area contributed by atoms with Crippen molar-refractivity contribution in [2.75, 3.05) is 27.4 Å². The highest BCUT2D eigenvalue weighted by molar-refractivity contribution is 5.88. The number of piperidine rings is 1. The van der Waals surface area contributed by atoms with E-state index in [0.717, 1.165) is 24.9 Å². The van der Waals surface area contributed by atoms with E-state index in [0.29, 0.717) is 43.1 Å². The first kappa shape index (κ1) is 33.7. The molecule has 2 atom stereocenters. The predicted molar refractivity (Wildman–Crippen MR) is 149 cm³/mol. The van der Waals surface area contributed by atoms with Crippen LogP contribution in [-0.4, -0.2) is 93.5 Å². The SMILES string of the molecule is COCCOc1ccc(CN2C3CCC2CC(O)(c2ccccc2F)C3)cc1OC.O=C(O)CC(O)(CC(=O)O)C(=O)O. The third kappa shape index (κ3) is 8.63. The lowest BCUT2D eigenvalue weighted by atomic mass is 9.80. The predicted octanol–water partition coefficient (Wildman–Crippen LogP) is 2.63. The van der Waals surface area contributed by atoms with Crippen LogP contribution >= 0.6 is 0 Å². The van der Waals surface area contributed by atoms with Crippen LogP contribution in [0.3, 0.4) is 0 Å². The van der Waals surface area contributed by atoms with Gasteiger partial charge in [0.1, 0.15) is 12.4 Å². The van der Waals surface area contributed by atoms with Gasteiger partial charge in [-0.1, -0.05) is 24.3 Å². The molecular formula is C30H38FNO11. The van der Waals surface area contributed by atoms with Crippen LogP contribution in [0.2, 0.25) is 0 Å². The van der Waals surface area contributed by atoms with Gasteiger partial charge in [0.15, 0.2) is 17.1 Å². The number of aliphatic carboxylic acids is 3. The molecule has 12 nitrogen and oxygen atoms in total. The van der Waals surface area contributed by atoms with Gasteiger partial charge in [-0.05, 0) is 49.4 Å². The topological polar surface area (TPSA) is 183 Å². The van der Waals surface area contributed by atoms with Crippen molar-refractivity contribution >= 4 is 17.9 Å². The molecule has 0 spiro atoms. The molecule has 0 aliphatic carbocycles. The summed E-state index contributed by atoms with van der Waals surface area (Å²) in [5, 5.41) is 45.1. The van der Waals surface area contributed by atoms with Gasteiger partial charge in [0, 0.05) is 31.3 Å². The van der Waals surface area contributed by atoms with Gasteiger partial charge in [0.2, 0.25) is 0 Å². The maximum absolute atomic E-state index is 14.4. The highest BCUT2D eigenvalue weighted by atomic mass is 19.1. The molecule has 2 bridgehead atoms. The molecule has 2 unspecified atom stereocenters. The number of carboxylic acids is 3. The molecule has 2 fully saturated rings. The largest absolute Gasteiger partial charge is 0.493 e. The Balaban J connectivity index is 0.000000331. The van der Waals surface area contributed by atoms with Crippen molar-refractivity contribution in [1.29, 1.82) is 0 Å². The zero-order chi connectivity index (χ0) is 31.8. The van der Waals surface area contributed by atoms with Gasteiger partial charge >= 0.3 is 17.9 Å². The zero-order valence-electron chi connectivity index (χ0n) is 24.1. The van der Waals surface area contributed by atoms with Crippen LogP contribution in [-0.2, 0) is 31.3 Å². The Labute approximate surface area is 248 Å². The maximum Gasteiger partial charge on any atom is 0.336 e. The van der Waals surface area contributed by atoms with Crippen molar-refractivity contribution in [3.05, 3.63) is 59.4 Å². The molecule has 2 aromatic carbocycles. The second kappa shape index (κ2) is 14.6. The fourth-order valence-electron chi connectivity index (χ4n) is 5.72. The number of hydrogen-bond acceptors (Lipinski definition) is 9. The Morgan fingerprint density at radius 2 is 1.56 bits per heavy atom. The van der Waals surface area contributed by atoms with E-state index in [2.05, 4.69) is 11.0 Å². The van der Waals surface area contributed by atoms with Crippen LogP contribution in [0.25, 0.3) is 0 Å². The quantitative estimate of drug-likeness (QED) is 0.210. The molecule has 2 aliphatic heterocycles. The number of aliphatic hydroxyl groups is 2. The molecule has 5 N–H and O–H groups in total. The summed E-state index contributed by atoms with van der Waals surface area (Å²) in [5.74, 6) is -3.93. The standard InChI is InChI=1S/C24H30FNO4.C6H8O7/c1-28-11-12-30-22-10-7-17(13-23(22)29-2)16-26-18-8-9-19(26)15-24(27,14-18)20-5-3-4-6-21(20)25;7-3(8)1-6(13,5(11)12)2-4(9)10/h3-7,10,13,18-19,27H,8-9,11-12,14-16H2,1-2H3;13H,1-2H2,(H,7,8)(H,9,10)(H,11,12). The fraction of sp³-hybridized carbons (Fsp3) is 0.500. The Morgan fingerprint density at radius 3 is 2.07 bits per heavy atom. The second-order valence-electron chi connectivity index (χ2n) is 10.8. The lowest BCUT2D eigenvalue weighted by molar-refractivity contribution is -0.170. The van der Waals surface area contributed by atoms with Crippen LogP contribution in [0, 0.1) is 5.82 Å². The van der Waals surface area contributed by atoms with Gasteiger partial charge in [-0.25, -0.2) is 9.18 Å². The molecule has 0 aromatic heterocycles. The summed E-state index contributed by atoms with van der Waals surface area (Å²) in [6, 6.07) is 13.1. The summed E-state index contributed by atoms with van der Waals surface area (Å²) in [7, 11) is 3.28. The van der Waals surface area contributed by atoms with E-state index in [-0.39, 0.29) is 17.9 Å². The Kier molecular flexibility index (Phi) is 11.4. The van der Waals surface area contributed by atoms with E-state index in [1.165, 1.54) is 6.07 Å². The molecule has 0 saturated carbocycles. The summed E-state index contributed by atoms with van der Waals surface area (Å²) >= 11 is 0. The van der Waals surface area contributed by atoms with Crippen molar-refractivity contribution < 1.29 is 58.5 Å². The number of benzene rings is 2. The molecular weight excluding hydrogens is 569 g/mol. The number of hydrogen-bond donors (Lipinski definition) is 5. The summed E-state index contributed by atoms with van der Waals surface area (Å²) in [5.41, 5.74) is -2.26. The van der Waals surface area contributed by atoms with Gasteiger partial charge in [0.25, 0.3) is 0 Å². The van der Waals surface area contributed by atoms with Crippen molar-refractivity contribution in [1.82, 2.24) is 4.90 Å². The number of rotatable bonds is 13. The van der Waals surface area contributed by atoms with E-state index in [4.69, 9.17) is 34.6 Å². The molecule has 2 heterocycles. The number of ether oxygens (including phenoxy) is 3. The first-order valence-corrected chi connectivity index (χ1v) is 13.7. The summed E-state index contributed by atoms with van der Waals surface area (Å²) in [4.78, 5) is 32.9. The summed E-state index contributed by atoms with van der Waals surface area (Å²) < 4.78 is 30.6. The fourth-order valence-corrected chi connectivity index (χ4v) is 5.72. The van der Waals surface area contributed by atoms with E-state index < -0.39 is 42.0 Å². The first-order chi connectivity index (χ1) is 20.3. The number of carboxylic acid groups (broad SMARTS) is 3. The van der Waals surface area contributed by atoms with Crippen LogP contribution in [0.1, 0.15) is 49.7 Å². The average molecular weight is 608 g/mol. The lowest BCUT2D eigenvalue weighted by Crippen LogP contribution is -2.49. The number of methoxy groups -OCH3 is 2. The van der Waals surface area contributed by atoms with Crippen LogP contribution in [0.5, 0.6) is 11.5 Å². The number of halogens is 1. The van der Waals surface area contributed by atoms with Crippen molar-refractivity contribution in [3.8, 4) is 11.5 Å². The minimum absolute atomic E-state index is 0.233. The normalized spacial score (nSPS) is 21.4. The van der Waals surface area contributed by atoms with E-state index in [1.807, 2.05) is 12.1 Å². The van der Waals surface area contributed by atoms with Gasteiger partial charge in [-0.3, -0.25) is 14.5 Å². The van der Waals surface area contributed by atoms with Crippen molar-refractivity contribution in [3.63, 3.8) is 0 Å². The van der Waals surface area contributed by atoms with E-state index in [9.17, 15) is 23.9 Å². The van der Waals surface area contributed by atoms with Gasteiger partial charge < -0.3 is 39.7 Å². The molecule has 2 aromatic rings. The third-order valence-corrected chi connectivity index (χ3v) is 7.72. The highest BCUT2D eigenvalue weighted by Gasteiger charge is 2.49. The molecule has 0 amide bonds. The average Bonchev–Trinajstić information content (AvgIpc) is 3.17. The van der Waals surface area contributed by atoms with Crippen LogP contribution in [0.4, 0.5) is 4.39 Å². The van der Waals surface area contributed by atoms with Crippen LogP contribution < -0.4 is 9.47 Å². The molecule has 0 radical (unpaired) electrons. The maximum atomic E-state index is 14.4. The Morgan fingerprint density at radius 1 is 0.953 bits per heavy atom. The van der Waals surface area contributed by atoms with Gasteiger partial charge in [0.05, 0.1) is 32.2 Å². The number of nitrogens with zero attached hydrogens (tertiary/aromatic N) is 1. The van der Waals surface area contributed by atoms with Gasteiger partial charge in [-0.15, -0.1) is 0 Å². The molecule has 43 heavy (non-hydrogen) atoms. The highest BCUT2D eigenvalue weighted by Crippen LogP contribution is 2.47. The van der Waals surface area contributed by atoms with Crippen molar-refractivity contribution in [2.45, 2.75) is 68.4 Å². The smallest absolute Gasteiger partial charge is 0.336 e. The minimum Gasteiger partial charge on any atom is -0.493 e. The first-order valence-electron chi connectivity index (χ1n) is 13.7. The summed E-state index contributed by atoms with van der Waals surface area (Å²) in [6.45, 7) is 1.77. The van der Waals surface area contributed by atoms with E-state index >= 15 is 0 Å². The Hall–Kier alpha value is -3.78. The zero-order valence-corrected chi connectivity index (χ0v) is 24.1. The molecule has 4 rings (SSSR count). The molecule has 2 aliphatic rings. The number of carbonyl (C=O) groups is 3. The summed E-state index contributed by atoms with van der Waals surface area (Å²) in [6.07, 6.45) is 0.871. The lowest BCUT2D eigenvalue weighted by Gasteiger charge is -2.44. The van der Waals surface area contributed by atoms with Crippen LogP contribution in [0.15, 0.2) is 42.5 Å². The molecule has 13 heteroatoms. The second-order valence-corrected chi connectivity index (χ2v) is 10.8. The molecule has 236 valence electrons. The van der Waals surface area contributed by atoms with Crippen molar-refractivity contribution in [2.24, 2.45) is 0 Å². The number of fused-ring (bicyclic) bond motifs is 2. The minimum atomic E-state index is -2.74. The third-order valence-electron chi connectivity index (χ3n) is 7.72. The van der Waals surface area contributed by atoms with E-state index in [1.54, 1.807) is 32.4 Å². The monoisotopic (exact) mass is 607 g/mol. The van der Waals surface area contributed by atoms with Gasteiger partial charge in [-0.2, -0.15) is 0 Å². The Bertz CT molecular complexity index is 1260.